The van der Waals surface area contributed by atoms with Crippen LogP contribution in [0.2, 0.25) is 0 Å². The maximum absolute atomic E-state index is 5.85. The molecule has 0 saturated carbocycles. The van der Waals surface area contributed by atoms with Gasteiger partial charge in [0.1, 0.15) is 0 Å². The second-order valence-corrected chi connectivity index (χ2v) is 5.72. The van der Waals surface area contributed by atoms with Gasteiger partial charge in [0.25, 0.3) is 0 Å². The van der Waals surface area contributed by atoms with E-state index in [1.807, 2.05) is 0 Å². The van der Waals surface area contributed by atoms with Crippen molar-refractivity contribution in [3.63, 3.8) is 0 Å². The Morgan fingerprint density at radius 1 is 1.19 bits per heavy atom. The number of benzene rings is 1. The number of nitrogens with two attached hydrogens (primary N) is 1. The molecule has 1 aromatic carbocycles. The van der Waals surface area contributed by atoms with Crippen LogP contribution in [0.15, 0.2) is 46.3 Å². The van der Waals surface area contributed by atoms with Gasteiger partial charge in [0.15, 0.2) is 0 Å². The zero-order chi connectivity index (χ0) is 11.4. The topological polar surface area (TPSA) is 26.0 Å². The van der Waals surface area contributed by atoms with Crippen LogP contribution in [0.1, 0.15) is 16.4 Å². The number of thiophene rings is 1. The van der Waals surface area contributed by atoms with Crippen LogP contribution in [0.4, 0.5) is 0 Å². The summed E-state index contributed by atoms with van der Waals surface area (Å²) < 4.78 is 1.11. The lowest BCUT2D eigenvalue weighted by molar-refractivity contribution is 0.701. The molecule has 1 nitrogen and oxygen atoms in total. The van der Waals surface area contributed by atoms with Crippen molar-refractivity contribution in [3.8, 4) is 0 Å². The molecular formula is C13H14BrNS. The molecule has 0 aliphatic carbocycles. The number of rotatable bonds is 4. The highest BCUT2D eigenvalue weighted by molar-refractivity contribution is 9.10. The Hall–Kier alpha value is -0.640. The summed E-state index contributed by atoms with van der Waals surface area (Å²) in [7, 11) is 0. The van der Waals surface area contributed by atoms with Crippen LogP contribution in [0.5, 0.6) is 0 Å². The van der Waals surface area contributed by atoms with Gasteiger partial charge in [0.2, 0.25) is 0 Å². The molecule has 1 aromatic heterocycles. The standard InChI is InChI=1S/C13H14BrNS/c14-12-5-3-10(4-6-12)11(9-15)8-13-2-1-7-16-13/h1-7,11H,8-9,15H2. The van der Waals surface area contributed by atoms with Crippen LogP contribution < -0.4 is 5.73 Å². The highest BCUT2D eigenvalue weighted by atomic mass is 79.9. The summed E-state index contributed by atoms with van der Waals surface area (Å²) in [5.41, 5.74) is 7.17. The van der Waals surface area contributed by atoms with Crippen molar-refractivity contribution < 1.29 is 0 Å². The SMILES string of the molecule is NCC(Cc1cccs1)c1ccc(Br)cc1. The summed E-state index contributed by atoms with van der Waals surface area (Å²) in [5, 5.41) is 2.12. The van der Waals surface area contributed by atoms with Crippen LogP contribution in [-0.2, 0) is 6.42 Å². The van der Waals surface area contributed by atoms with Gasteiger partial charge in [-0.05, 0) is 42.1 Å². The van der Waals surface area contributed by atoms with Gasteiger partial charge < -0.3 is 5.73 Å². The molecule has 2 N–H and O–H groups in total. The van der Waals surface area contributed by atoms with Crippen LogP contribution >= 0.6 is 27.3 Å². The average molecular weight is 296 g/mol. The molecule has 2 rings (SSSR count). The van der Waals surface area contributed by atoms with Gasteiger partial charge in [-0.15, -0.1) is 11.3 Å². The smallest absolute Gasteiger partial charge is 0.0175 e. The minimum Gasteiger partial charge on any atom is -0.330 e. The van der Waals surface area contributed by atoms with Gasteiger partial charge in [-0.2, -0.15) is 0 Å². The zero-order valence-corrected chi connectivity index (χ0v) is 11.3. The monoisotopic (exact) mass is 295 g/mol. The lowest BCUT2D eigenvalue weighted by Crippen LogP contribution is -2.14. The third-order valence-corrected chi connectivity index (χ3v) is 4.08. The third-order valence-electron chi connectivity index (χ3n) is 2.65. The molecular weight excluding hydrogens is 282 g/mol. The Bertz CT molecular complexity index is 422. The van der Waals surface area contributed by atoms with E-state index < -0.39 is 0 Å². The van der Waals surface area contributed by atoms with Crippen molar-refractivity contribution in [2.45, 2.75) is 12.3 Å². The summed E-state index contributed by atoms with van der Waals surface area (Å²) in [6.07, 6.45) is 1.04. The quantitative estimate of drug-likeness (QED) is 0.912. The zero-order valence-electron chi connectivity index (χ0n) is 8.90. The highest BCUT2D eigenvalue weighted by Crippen LogP contribution is 2.23. The van der Waals surface area contributed by atoms with E-state index in [1.165, 1.54) is 10.4 Å². The Morgan fingerprint density at radius 2 is 1.94 bits per heavy atom. The first-order valence-electron chi connectivity index (χ1n) is 5.27. The van der Waals surface area contributed by atoms with Crippen molar-refractivity contribution in [2.24, 2.45) is 5.73 Å². The largest absolute Gasteiger partial charge is 0.330 e. The van der Waals surface area contributed by atoms with Gasteiger partial charge in [0, 0.05) is 15.3 Å². The molecule has 0 saturated heterocycles. The van der Waals surface area contributed by atoms with Gasteiger partial charge >= 0.3 is 0 Å². The molecule has 0 aliphatic rings. The molecule has 1 unspecified atom stereocenters. The fraction of sp³-hybridized carbons (Fsp3) is 0.231. The van der Waals surface area contributed by atoms with Crippen LogP contribution in [-0.4, -0.2) is 6.54 Å². The van der Waals surface area contributed by atoms with Crippen LogP contribution in [0.3, 0.4) is 0 Å². The fourth-order valence-corrected chi connectivity index (χ4v) is 2.79. The predicted octanol–water partition coefficient (Wildman–Crippen LogP) is 3.80. The molecule has 1 atom stereocenters. The highest BCUT2D eigenvalue weighted by Gasteiger charge is 2.10. The molecule has 2 aromatic rings. The van der Waals surface area contributed by atoms with Crippen molar-refractivity contribution in [1.29, 1.82) is 0 Å². The normalized spacial score (nSPS) is 12.6. The van der Waals surface area contributed by atoms with E-state index in [1.54, 1.807) is 11.3 Å². The van der Waals surface area contributed by atoms with E-state index in [2.05, 4.69) is 57.7 Å². The van der Waals surface area contributed by atoms with Crippen molar-refractivity contribution in [1.82, 2.24) is 0 Å². The maximum atomic E-state index is 5.85. The van der Waals surface area contributed by atoms with Gasteiger partial charge in [-0.1, -0.05) is 34.1 Å². The Morgan fingerprint density at radius 3 is 2.50 bits per heavy atom. The summed E-state index contributed by atoms with van der Waals surface area (Å²) in [6, 6.07) is 12.7. The number of halogens is 1. The minimum absolute atomic E-state index is 0.423. The van der Waals surface area contributed by atoms with Crippen molar-refractivity contribution in [2.75, 3.05) is 6.54 Å². The summed E-state index contributed by atoms with van der Waals surface area (Å²) >= 11 is 5.25. The molecule has 3 heteroatoms. The average Bonchev–Trinajstić information content (AvgIpc) is 2.80. The second kappa shape index (κ2) is 5.62. The first kappa shape index (κ1) is 11.8. The predicted molar refractivity (Wildman–Crippen MR) is 74.0 cm³/mol. The van der Waals surface area contributed by atoms with E-state index in [0.717, 1.165) is 10.9 Å². The minimum atomic E-state index is 0.423. The molecule has 84 valence electrons. The Balaban J connectivity index is 2.13. The van der Waals surface area contributed by atoms with Crippen molar-refractivity contribution in [3.05, 3.63) is 56.7 Å². The molecule has 0 bridgehead atoms. The molecule has 16 heavy (non-hydrogen) atoms. The van der Waals surface area contributed by atoms with Gasteiger partial charge in [-0.25, -0.2) is 0 Å². The van der Waals surface area contributed by atoms with Gasteiger partial charge in [-0.3, -0.25) is 0 Å². The van der Waals surface area contributed by atoms with E-state index in [4.69, 9.17) is 5.73 Å². The lowest BCUT2D eigenvalue weighted by Gasteiger charge is -2.14. The summed E-state index contributed by atoms with van der Waals surface area (Å²) in [6.45, 7) is 0.694. The van der Waals surface area contributed by atoms with Crippen molar-refractivity contribution >= 4 is 27.3 Å². The maximum Gasteiger partial charge on any atom is 0.0175 e. The molecule has 0 aliphatic heterocycles. The second-order valence-electron chi connectivity index (χ2n) is 3.77. The Labute approximate surface area is 108 Å². The molecule has 0 fully saturated rings. The number of hydrogen-bond donors (Lipinski definition) is 1. The van der Waals surface area contributed by atoms with E-state index in [-0.39, 0.29) is 0 Å². The Kier molecular flexibility index (Phi) is 4.16. The first-order valence-corrected chi connectivity index (χ1v) is 6.95. The van der Waals surface area contributed by atoms with E-state index >= 15 is 0 Å². The van der Waals surface area contributed by atoms with E-state index in [0.29, 0.717) is 12.5 Å². The first-order chi connectivity index (χ1) is 7.79. The van der Waals surface area contributed by atoms with Crippen LogP contribution in [0.25, 0.3) is 0 Å². The molecule has 0 radical (unpaired) electrons. The number of hydrogen-bond acceptors (Lipinski definition) is 2. The molecule has 0 amide bonds. The summed E-state index contributed by atoms with van der Waals surface area (Å²) in [4.78, 5) is 1.40. The third kappa shape index (κ3) is 2.94. The fourth-order valence-electron chi connectivity index (χ4n) is 1.74. The lowest BCUT2D eigenvalue weighted by atomic mass is 9.95. The molecule has 0 spiro atoms. The van der Waals surface area contributed by atoms with E-state index in [9.17, 15) is 0 Å². The molecule has 1 heterocycles. The van der Waals surface area contributed by atoms with Gasteiger partial charge in [0.05, 0.1) is 0 Å². The van der Waals surface area contributed by atoms with Crippen LogP contribution in [0, 0.1) is 0 Å². The summed E-state index contributed by atoms with van der Waals surface area (Å²) in [5.74, 6) is 0.423.